The van der Waals surface area contributed by atoms with Crippen LogP contribution in [0.5, 0.6) is 0 Å². The van der Waals surface area contributed by atoms with Gasteiger partial charge in [0, 0.05) is 28.4 Å². The van der Waals surface area contributed by atoms with Gasteiger partial charge in [-0.05, 0) is 73.1 Å². The minimum atomic E-state index is 0.00101. The molecule has 0 bridgehead atoms. The second kappa shape index (κ2) is 6.71. The molecule has 0 spiro atoms. The topological polar surface area (TPSA) is 53.2 Å². The molecule has 27 heavy (non-hydrogen) atoms. The number of amides is 1. The summed E-state index contributed by atoms with van der Waals surface area (Å²) >= 11 is 0. The van der Waals surface area contributed by atoms with Gasteiger partial charge in [0.1, 0.15) is 0 Å². The first-order valence-electron chi connectivity index (χ1n) is 9.70. The molecule has 3 aromatic rings. The first-order chi connectivity index (χ1) is 13.3. The highest BCUT2D eigenvalue weighted by Crippen LogP contribution is 2.35. The highest BCUT2D eigenvalue weighted by atomic mass is 16.1. The molecule has 4 heteroatoms. The average molecular weight is 357 g/mol. The fraction of sp³-hybridized carbons (Fsp3) is 0.261. The van der Waals surface area contributed by atoms with E-state index in [1.165, 1.54) is 35.0 Å². The molecule has 4 nitrogen and oxygen atoms in total. The van der Waals surface area contributed by atoms with Gasteiger partial charge < -0.3 is 16.0 Å². The third-order valence-corrected chi connectivity index (χ3v) is 5.68. The van der Waals surface area contributed by atoms with Crippen LogP contribution in [0.1, 0.15) is 34.3 Å². The van der Waals surface area contributed by atoms with Crippen LogP contribution >= 0.6 is 0 Å². The minimum absolute atomic E-state index is 0.00101. The van der Waals surface area contributed by atoms with Gasteiger partial charge in [-0.15, -0.1) is 0 Å². The van der Waals surface area contributed by atoms with Crippen LogP contribution in [0.3, 0.4) is 0 Å². The molecule has 3 N–H and O–H groups in total. The van der Waals surface area contributed by atoms with Crippen LogP contribution in [-0.2, 0) is 6.42 Å². The normalized spacial score (nSPS) is 16.5. The Balaban J connectivity index is 1.38. The summed E-state index contributed by atoms with van der Waals surface area (Å²) < 4.78 is 0. The third-order valence-electron chi connectivity index (χ3n) is 5.68. The Labute approximate surface area is 159 Å². The summed E-state index contributed by atoms with van der Waals surface area (Å²) in [5.41, 5.74) is 5.44. The van der Waals surface area contributed by atoms with E-state index >= 15 is 0 Å². The van der Waals surface area contributed by atoms with Crippen molar-refractivity contribution in [3.63, 3.8) is 0 Å². The molecule has 1 saturated heterocycles. The third kappa shape index (κ3) is 3.06. The van der Waals surface area contributed by atoms with E-state index in [-0.39, 0.29) is 5.91 Å². The van der Waals surface area contributed by atoms with Gasteiger partial charge in [0.15, 0.2) is 0 Å². The van der Waals surface area contributed by atoms with Crippen molar-refractivity contribution in [1.29, 1.82) is 0 Å². The fourth-order valence-electron chi connectivity index (χ4n) is 4.25. The Kier molecular flexibility index (Phi) is 4.06. The summed E-state index contributed by atoms with van der Waals surface area (Å²) in [6.07, 6.45) is 3.21. The molecular weight excluding hydrogens is 334 g/mol. The maximum atomic E-state index is 12.1. The molecule has 3 aromatic carbocycles. The first-order valence-corrected chi connectivity index (χ1v) is 9.70. The molecule has 5 rings (SSSR count). The van der Waals surface area contributed by atoms with E-state index in [2.05, 4.69) is 52.3 Å². The second-order valence-corrected chi connectivity index (χ2v) is 7.50. The van der Waals surface area contributed by atoms with Crippen LogP contribution in [0.2, 0.25) is 0 Å². The quantitative estimate of drug-likeness (QED) is 0.657. The van der Waals surface area contributed by atoms with Crippen molar-refractivity contribution in [3.05, 3.63) is 71.3 Å². The summed E-state index contributed by atoms with van der Waals surface area (Å²) in [6, 6.07) is 19.5. The highest BCUT2D eigenvalue weighted by molar-refractivity contribution is 6.24. The lowest BCUT2D eigenvalue weighted by atomic mass is 9.96. The van der Waals surface area contributed by atoms with E-state index in [4.69, 9.17) is 0 Å². The number of anilines is 2. The van der Waals surface area contributed by atoms with Crippen molar-refractivity contribution in [2.24, 2.45) is 0 Å². The number of hydrogen-bond acceptors (Lipinski definition) is 3. The molecule has 1 fully saturated rings. The monoisotopic (exact) mass is 357 g/mol. The van der Waals surface area contributed by atoms with Gasteiger partial charge in [-0.1, -0.05) is 30.3 Å². The molecule has 1 amide bonds. The molecular formula is C23H23N3O. The number of carbonyl (C=O) groups is 1. The van der Waals surface area contributed by atoms with E-state index in [0.29, 0.717) is 6.04 Å². The largest absolute Gasteiger partial charge is 0.382 e. The van der Waals surface area contributed by atoms with Gasteiger partial charge in [-0.25, -0.2) is 0 Å². The Morgan fingerprint density at radius 1 is 0.963 bits per heavy atom. The summed E-state index contributed by atoms with van der Waals surface area (Å²) in [5, 5.41) is 12.2. The molecule has 2 heterocycles. The van der Waals surface area contributed by atoms with Crippen molar-refractivity contribution in [1.82, 2.24) is 5.32 Å². The zero-order chi connectivity index (χ0) is 18.2. The number of nitrogens with one attached hydrogen (secondary N) is 3. The summed E-state index contributed by atoms with van der Waals surface area (Å²) in [6.45, 7) is 2.19. The lowest BCUT2D eigenvalue weighted by Crippen LogP contribution is -2.35. The van der Waals surface area contributed by atoms with Crippen LogP contribution in [-0.4, -0.2) is 25.0 Å². The number of benzene rings is 3. The van der Waals surface area contributed by atoms with Gasteiger partial charge >= 0.3 is 0 Å². The number of piperidine rings is 1. The summed E-state index contributed by atoms with van der Waals surface area (Å²) in [5.74, 6) is 0.00101. The van der Waals surface area contributed by atoms with Crippen molar-refractivity contribution >= 4 is 28.1 Å². The molecule has 0 aliphatic carbocycles. The van der Waals surface area contributed by atoms with Crippen molar-refractivity contribution in [3.8, 4) is 0 Å². The Morgan fingerprint density at radius 3 is 2.59 bits per heavy atom. The van der Waals surface area contributed by atoms with Crippen LogP contribution in [0.4, 0.5) is 11.4 Å². The van der Waals surface area contributed by atoms with Crippen LogP contribution in [0, 0.1) is 0 Å². The second-order valence-electron chi connectivity index (χ2n) is 7.50. The van der Waals surface area contributed by atoms with E-state index in [9.17, 15) is 4.79 Å². The van der Waals surface area contributed by atoms with Crippen molar-refractivity contribution in [2.45, 2.75) is 25.3 Å². The van der Waals surface area contributed by atoms with Crippen molar-refractivity contribution < 1.29 is 4.79 Å². The molecule has 0 radical (unpaired) electrons. The highest BCUT2D eigenvalue weighted by Gasteiger charge is 2.22. The fourth-order valence-corrected chi connectivity index (χ4v) is 4.25. The number of carbonyl (C=O) groups excluding carboxylic acids is 1. The Bertz CT molecular complexity index is 1000. The van der Waals surface area contributed by atoms with E-state index < -0.39 is 0 Å². The van der Waals surface area contributed by atoms with Gasteiger partial charge in [-0.3, -0.25) is 4.79 Å². The average Bonchev–Trinajstić information content (AvgIpc) is 3.04. The van der Waals surface area contributed by atoms with Crippen LogP contribution in [0.15, 0.2) is 54.6 Å². The summed E-state index contributed by atoms with van der Waals surface area (Å²) in [7, 11) is 0. The van der Waals surface area contributed by atoms with Gasteiger partial charge in [-0.2, -0.15) is 0 Å². The molecule has 136 valence electrons. The molecule has 0 atom stereocenters. The van der Waals surface area contributed by atoms with Gasteiger partial charge in [0.2, 0.25) is 0 Å². The van der Waals surface area contributed by atoms with Gasteiger partial charge in [0.25, 0.3) is 5.91 Å². The lowest BCUT2D eigenvalue weighted by molar-refractivity contribution is 0.103. The number of rotatable bonds is 4. The molecule has 0 aromatic heterocycles. The summed E-state index contributed by atoms with van der Waals surface area (Å²) in [4.78, 5) is 12.1. The van der Waals surface area contributed by atoms with Crippen LogP contribution in [0.25, 0.3) is 10.8 Å². The zero-order valence-corrected chi connectivity index (χ0v) is 15.2. The van der Waals surface area contributed by atoms with E-state index in [1.807, 2.05) is 18.2 Å². The predicted molar refractivity (Wildman–Crippen MR) is 111 cm³/mol. The molecule has 2 aliphatic heterocycles. The maximum absolute atomic E-state index is 12.1. The lowest BCUT2D eigenvalue weighted by Gasteiger charge is -2.24. The SMILES string of the molecule is O=C1Nc2ccc(Cc3ccc(NC4CCNCC4)cc3)c3cccc1c23. The van der Waals surface area contributed by atoms with Gasteiger partial charge in [0.05, 0.1) is 0 Å². The Hall–Kier alpha value is -2.85. The number of hydrogen-bond donors (Lipinski definition) is 3. The Morgan fingerprint density at radius 2 is 1.78 bits per heavy atom. The van der Waals surface area contributed by atoms with E-state index in [1.54, 1.807) is 0 Å². The zero-order valence-electron chi connectivity index (χ0n) is 15.2. The predicted octanol–water partition coefficient (Wildman–Crippen LogP) is 4.16. The standard InChI is InChI=1S/C23H23N3O/c27-23-20-3-1-2-19-16(6-9-21(26-23)22(19)20)14-15-4-7-17(8-5-15)25-18-10-12-24-13-11-18/h1-9,18,24-25H,10-14H2,(H,26,27). The first kappa shape index (κ1) is 16.3. The smallest absolute Gasteiger partial charge is 0.256 e. The van der Waals surface area contributed by atoms with Crippen LogP contribution < -0.4 is 16.0 Å². The molecule has 0 unspecified atom stereocenters. The molecule has 2 aliphatic rings. The molecule has 0 saturated carbocycles. The van der Waals surface area contributed by atoms with Crippen molar-refractivity contribution in [2.75, 3.05) is 23.7 Å². The minimum Gasteiger partial charge on any atom is -0.382 e. The maximum Gasteiger partial charge on any atom is 0.256 e. The van der Waals surface area contributed by atoms with E-state index in [0.717, 1.165) is 36.1 Å².